The minimum atomic E-state index is -3.20. The van der Waals surface area contributed by atoms with Gasteiger partial charge in [-0.15, -0.1) is 0 Å². The van der Waals surface area contributed by atoms with Crippen LogP contribution in [0.5, 0.6) is 0 Å². The third-order valence-electron chi connectivity index (χ3n) is 3.73. The molecule has 0 saturated carbocycles. The lowest BCUT2D eigenvalue weighted by Gasteiger charge is -2.29. The van der Waals surface area contributed by atoms with Crippen molar-refractivity contribution in [2.45, 2.75) is 26.1 Å². The van der Waals surface area contributed by atoms with Gasteiger partial charge < -0.3 is 15.5 Å². The zero-order valence-electron chi connectivity index (χ0n) is 16.6. The normalized spacial score (nSPS) is 13.2. The maximum atomic E-state index is 13.6. The Morgan fingerprint density at radius 1 is 1.23 bits per heavy atom. The lowest BCUT2D eigenvalue weighted by Crippen LogP contribution is -2.44. The third kappa shape index (κ3) is 8.62. The average molecular weight is 387 g/mol. The SMILES string of the molecule is CN=C(NCc1cc(F)ccc1CS(C)(=O)=O)NCC(C)(C)CN(C)C. The molecule has 26 heavy (non-hydrogen) atoms. The standard InChI is InChI=1S/C18H31FN4O2S/c1-18(2,13-23(4)5)12-22-17(20-3)21-10-15-9-16(19)8-7-14(15)11-26(6,24)25/h7-9H,10-13H2,1-6H3,(H2,20,21,22). The van der Waals surface area contributed by atoms with Crippen LogP contribution in [0.2, 0.25) is 0 Å². The van der Waals surface area contributed by atoms with Gasteiger partial charge in [0.1, 0.15) is 5.82 Å². The molecule has 0 radical (unpaired) electrons. The Kier molecular flexibility index (Phi) is 8.02. The van der Waals surface area contributed by atoms with Gasteiger partial charge in [0.05, 0.1) is 5.75 Å². The zero-order chi connectivity index (χ0) is 20.0. The molecule has 1 aromatic carbocycles. The first-order chi connectivity index (χ1) is 11.9. The molecule has 2 N–H and O–H groups in total. The highest BCUT2D eigenvalue weighted by atomic mass is 32.2. The van der Waals surface area contributed by atoms with Crippen LogP contribution in [0, 0.1) is 11.2 Å². The first-order valence-electron chi connectivity index (χ1n) is 8.46. The summed E-state index contributed by atoms with van der Waals surface area (Å²) in [5, 5.41) is 6.40. The molecule has 0 aliphatic rings. The molecule has 0 aliphatic heterocycles. The second-order valence-electron chi connectivity index (χ2n) is 7.66. The van der Waals surface area contributed by atoms with Crippen molar-refractivity contribution < 1.29 is 12.8 Å². The number of hydrogen-bond donors (Lipinski definition) is 2. The van der Waals surface area contributed by atoms with E-state index in [9.17, 15) is 12.8 Å². The Morgan fingerprint density at radius 2 is 1.88 bits per heavy atom. The van der Waals surface area contributed by atoms with Gasteiger partial charge in [-0.3, -0.25) is 4.99 Å². The molecular formula is C18H31FN4O2S. The minimum absolute atomic E-state index is 0.0431. The fourth-order valence-electron chi connectivity index (χ4n) is 2.82. The van der Waals surface area contributed by atoms with Crippen molar-refractivity contribution in [2.24, 2.45) is 10.4 Å². The van der Waals surface area contributed by atoms with Gasteiger partial charge in [0.2, 0.25) is 0 Å². The van der Waals surface area contributed by atoms with Crippen LogP contribution in [0.15, 0.2) is 23.2 Å². The molecule has 0 aromatic heterocycles. The Morgan fingerprint density at radius 3 is 2.42 bits per heavy atom. The van der Waals surface area contributed by atoms with Crippen LogP contribution in [0.25, 0.3) is 0 Å². The number of nitrogens with zero attached hydrogens (tertiary/aromatic N) is 2. The van der Waals surface area contributed by atoms with E-state index in [2.05, 4.69) is 34.4 Å². The van der Waals surface area contributed by atoms with Crippen LogP contribution >= 0.6 is 0 Å². The largest absolute Gasteiger partial charge is 0.356 e. The summed E-state index contributed by atoms with van der Waals surface area (Å²) in [6.45, 7) is 6.23. The summed E-state index contributed by atoms with van der Waals surface area (Å²) in [5.74, 6) is 0.0761. The molecule has 0 aliphatic carbocycles. The molecule has 0 saturated heterocycles. The van der Waals surface area contributed by atoms with Crippen molar-refractivity contribution in [2.75, 3.05) is 40.5 Å². The fourth-order valence-corrected chi connectivity index (χ4v) is 3.66. The van der Waals surface area contributed by atoms with Gasteiger partial charge >= 0.3 is 0 Å². The summed E-state index contributed by atoms with van der Waals surface area (Å²) in [6, 6.07) is 4.15. The van der Waals surface area contributed by atoms with E-state index < -0.39 is 15.7 Å². The van der Waals surface area contributed by atoms with Crippen molar-refractivity contribution in [1.82, 2.24) is 15.5 Å². The van der Waals surface area contributed by atoms with Crippen molar-refractivity contribution in [3.63, 3.8) is 0 Å². The number of guanidine groups is 1. The topological polar surface area (TPSA) is 73.8 Å². The summed E-state index contributed by atoms with van der Waals surface area (Å²) in [4.78, 5) is 6.31. The number of sulfone groups is 1. The van der Waals surface area contributed by atoms with Crippen molar-refractivity contribution >= 4 is 15.8 Å². The highest BCUT2D eigenvalue weighted by molar-refractivity contribution is 7.89. The highest BCUT2D eigenvalue weighted by Gasteiger charge is 2.19. The molecule has 6 nitrogen and oxygen atoms in total. The number of benzene rings is 1. The van der Waals surface area contributed by atoms with Gasteiger partial charge in [0, 0.05) is 32.9 Å². The monoisotopic (exact) mass is 386 g/mol. The Balaban J connectivity index is 2.76. The second-order valence-corrected chi connectivity index (χ2v) is 9.80. The van der Waals surface area contributed by atoms with Crippen LogP contribution in [0.3, 0.4) is 0 Å². The minimum Gasteiger partial charge on any atom is -0.356 e. The molecule has 0 amide bonds. The van der Waals surface area contributed by atoms with E-state index in [0.717, 1.165) is 6.54 Å². The Hall–Kier alpha value is -1.67. The second kappa shape index (κ2) is 9.32. The van der Waals surface area contributed by atoms with Gasteiger partial charge in [0.15, 0.2) is 15.8 Å². The van der Waals surface area contributed by atoms with E-state index in [1.54, 1.807) is 7.05 Å². The summed E-state index contributed by atoms with van der Waals surface area (Å²) < 4.78 is 36.7. The molecule has 0 spiro atoms. The maximum Gasteiger partial charge on any atom is 0.191 e. The van der Waals surface area contributed by atoms with Crippen LogP contribution in [-0.4, -0.2) is 59.8 Å². The first kappa shape index (κ1) is 22.4. The predicted molar refractivity (Wildman–Crippen MR) is 105 cm³/mol. The van der Waals surface area contributed by atoms with Crippen LogP contribution in [0.1, 0.15) is 25.0 Å². The highest BCUT2D eigenvalue weighted by Crippen LogP contribution is 2.15. The molecule has 0 fully saturated rings. The van der Waals surface area contributed by atoms with E-state index in [0.29, 0.717) is 23.6 Å². The first-order valence-corrected chi connectivity index (χ1v) is 10.5. The molecule has 148 valence electrons. The maximum absolute atomic E-state index is 13.6. The molecule has 1 aromatic rings. The van der Waals surface area contributed by atoms with Crippen molar-refractivity contribution in [3.05, 3.63) is 35.1 Å². The van der Waals surface area contributed by atoms with Crippen LogP contribution in [-0.2, 0) is 22.1 Å². The smallest absolute Gasteiger partial charge is 0.191 e. The van der Waals surface area contributed by atoms with Gasteiger partial charge in [-0.05, 0) is 42.8 Å². The molecule has 8 heteroatoms. The zero-order valence-corrected chi connectivity index (χ0v) is 17.4. The summed E-state index contributed by atoms with van der Waals surface area (Å²) in [7, 11) is 2.53. The van der Waals surface area contributed by atoms with Gasteiger partial charge in [-0.1, -0.05) is 19.9 Å². The number of nitrogens with one attached hydrogen (secondary N) is 2. The number of hydrogen-bond acceptors (Lipinski definition) is 4. The van der Waals surface area contributed by atoms with E-state index in [1.807, 2.05) is 14.1 Å². The molecular weight excluding hydrogens is 355 g/mol. The lowest BCUT2D eigenvalue weighted by atomic mass is 9.93. The van der Waals surface area contributed by atoms with Gasteiger partial charge in [-0.2, -0.15) is 0 Å². The fraction of sp³-hybridized carbons (Fsp3) is 0.611. The molecule has 0 atom stereocenters. The third-order valence-corrected chi connectivity index (χ3v) is 4.57. The average Bonchev–Trinajstić information content (AvgIpc) is 2.47. The van der Waals surface area contributed by atoms with Gasteiger partial charge in [0.25, 0.3) is 0 Å². The molecule has 0 heterocycles. The van der Waals surface area contributed by atoms with E-state index in [-0.39, 0.29) is 17.7 Å². The van der Waals surface area contributed by atoms with Crippen molar-refractivity contribution in [1.29, 1.82) is 0 Å². The summed E-state index contributed by atoms with van der Waals surface area (Å²) >= 11 is 0. The van der Waals surface area contributed by atoms with E-state index in [1.165, 1.54) is 24.5 Å². The Labute approximate surface area is 156 Å². The summed E-state index contributed by atoms with van der Waals surface area (Å²) in [5.41, 5.74) is 1.23. The van der Waals surface area contributed by atoms with E-state index >= 15 is 0 Å². The number of aliphatic imine (C=N–C) groups is 1. The van der Waals surface area contributed by atoms with Gasteiger partial charge in [-0.25, -0.2) is 12.8 Å². The Bertz CT molecular complexity index is 731. The molecule has 0 bridgehead atoms. The lowest BCUT2D eigenvalue weighted by molar-refractivity contribution is 0.241. The van der Waals surface area contributed by atoms with E-state index in [4.69, 9.17) is 0 Å². The van der Waals surface area contributed by atoms with Crippen molar-refractivity contribution in [3.8, 4) is 0 Å². The molecule has 1 rings (SSSR count). The van der Waals surface area contributed by atoms with Crippen LogP contribution in [0.4, 0.5) is 4.39 Å². The quantitative estimate of drug-likeness (QED) is 0.525. The summed E-state index contributed by atoms with van der Waals surface area (Å²) in [6.07, 6.45) is 1.17. The number of halogens is 1. The molecule has 0 unspecified atom stereocenters. The number of rotatable bonds is 8. The predicted octanol–water partition coefficient (Wildman–Crippen LogP) is 1.62. The van der Waals surface area contributed by atoms with Crippen LogP contribution < -0.4 is 10.6 Å².